The lowest BCUT2D eigenvalue weighted by atomic mass is 10.4. The first kappa shape index (κ1) is 10.4. The molecule has 0 aromatic carbocycles. The number of thiophene rings is 1. The smallest absolute Gasteiger partial charge is 0.269 e. The van der Waals surface area contributed by atoms with Crippen molar-refractivity contribution < 1.29 is 4.79 Å². The fourth-order valence-corrected chi connectivity index (χ4v) is 2.48. The van der Waals surface area contributed by atoms with Crippen molar-refractivity contribution in [3.63, 3.8) is 0 Å². The van der Waals surface area contributed by atoms with E-state index in [2.05, 4.69) is 31.4 Å². The van der Waals surface area contributed by atoms with Crippen molar-refractivity contribution in [1.82, 2.24) is 15.5 Å². The second-order valence-electron chi connectivity index (χ2n) is 2.88. The van der Waals surface area contributed by atoms with Crippen molar-refractivity contribution in [2.45, 2.75) is 6.54 Å². The fraction of sp³-hybridized carbons (Fsp3) is 0.111. The van der Waals surface area contributed by atoms with Crippen molar-refractivity contribution in [2.75, 3.05) is 0 Å². The molecule has 2 rings (SSSR count). The summed E-state index contributed by atoms with van der Waals surface area (Å²) in [6, 6.07) is 3.62. The summed E-state index contributed by atoms with van der Waals surface area (Å²) in [5.41, 5.74) is 0.477. The van der Waals surface area contributed by atoms with Gasteiger partial charge in [-0.05, 0) is 28.1 Å². The van der Waals surface area contributed by atoms with Crippen LogP contribution in [0.15, 0.2) is 28.2 Å². The number of halogens is 1. The number of carbonyl (C=O) groups excluding carboxylic acids is 1. The van der Waals surface area contributed by atoms with Gasteiger partial charge in [-0.25, -0.2) is 0 Å². The molecule has 0 fully saturated rings. The molecule has 0 saturated carbocycles. The van der Waals surface area contributed by atoms with Crippen molar-refractivity contribution >= 4 is 33.2 Å². The first-order valence-electron chi connectivity index (χ1n) is 4.26. The molecule has 2 heterocycles. The maximum atomic E-state index is 11.5. The molecule has 0 aliphatic rings. The van der Waals surface area contributed by atoms with E-state index >= 15 is 0 Å². The third kappa shape index (κ3) is 2.66. The van der Waals surface area contributed by atoms with E-state index in [0.29, 0.717) is 12.2 Å². The van der Waals surface area contributed by atoms with Crippen molar-refractivity contribution in [3.8, 4) is 0 Å². The van der Waals surface area contributed by atoms with Crippen molar-refractivity contribution in [2.24, 2.45) is 0 Å². The minimum absolute atomic E-state index is 0.142. The van der Waals surface area contributed by atoms with Gasteiger partial charge in [-0.1, -0.05) is 0 Å². The largest absolute Gasteiger partial charge is 0.346 e. The van der Waals surface area contributed by atoms with Gasteiger partial charge in [0.15, 0.2) is 0 Å². The molecular formula is C9H8BrN3OS. The molecule has 78 valence electrons. The Kier molecular flexibility index (Phi) is 3.17. The SMILES string of the molecule is O=C(NCc1cc(Br)cs1)c1ccn[nH]1. The van der Waals surface area contributed by atoms with Crippen molar-refractivity contribution in [3.05, 3.63) is 38.8 Å². The lowest BCUT2D eigenvalue weighted by molar-refractivity contribution is 0.0946. The van der Waals surface area contributed by atoms with Gasteiger partial charge < -0.3 is 5.32 Å². The predicted octanol–water partition coefficient (Wildman–Crippen LogP) is 2.16. The minimum Gasteiger partial charge on any atom is -0.346 e. The molecule has 0 radical (unpaired) electrons. The molecule has 0 spiro atoms. The fourth-order valence-electron chi connectivity index (χ4n) is 1.09. The molecule has 0 bridgehead atoms. The minimum atomic E-state index is -0.142. The second-order valence-corrected chi connectivity index (χ2v) is 4.80. The average molecular weight is 286 g/mol. The average Bonchev–Trinajstić information content (AvgIpc) is 2.84. The highest BCUT2D eigenvalue weighted by Crippen LogP contribution is 2.19. The molecule has 0 saturated heterocycles. The first-order valence-corrected chi connectivity index (χ1v) is 5.93. The van der Waals surface area contributed by atoms with Crippen molar-refractivity contribution in [1.29, 1.82) is 0 Å². The van der Waals surface area contributed by atoms with Crippen LogP contribution >= 0.6 is 27.3 Å². The molecule has 2 aromatic heterocycles. The van der Waals surface area contributed by atoms with Crippen LogP contribution in [-0.2, 0) is 6.54 Å². The van der Waals surface area contributed by atoms with Crippen LogP contribution in [0.4, 0.5) is 0 Å². The van der Waals surface area contributed by atoms with E-state index in [9.17, 15) is 4.79 Å². The third-order valence-electron chi connectivity index (χ3n) is 1.79. The Labute approximate surface area is 98.8 Å². The zero-order valence-electron chi connectivity index (χ0n) is 7.66. The van der Waals surface area contributed by atoms with E-state index in [1.54, 1.807) is 23.6 Å². The quantitative estimate of drug-likeness (QED) is 0.908. The first-order chi connectivity index (χ1) is 7.25. The number of amides is 1. The number of rotatable bonds is 3. The van der Waals surface area contributed by atoms with E-state index in [1.165, 1.54) is 0 Å². The van der Waals surface area contributed by atoms with E-state index in [4.69, 9.17) is 0 Å². The Bertz CT molecular complexity index is 452. The molecule has 0 unspecified atom stereocenters. The van der Waals surface area contributed by atoms with Gasteiger partial charge in [0.25, 0.3) is 5.91 Å². The highest BCUT2D eigenvalue weighted by Gasteiger charge is 2.06. The number of nitrogens with zero attached hydrogens (tertiary/aromatic N) is 1. The molecular weight excluding hydrogens is 278 g/mol. The van der Waals surface area contributed by atoms with Gasteiger partial charge in [0, 0.05) is 20.9 Å². The monoisotopic (exact) mass is 285 g/mol. The lowest BCUT2D eigenvalue weighted by Crippen LogP contribution is -2.22. The molecule has 0 aliphatic carbocycles. The summed E-state index contributed by atoms with van der Waals surface area (Å²) in [5.74, 6) is -0.142. The van der Waals surface area contributed by atoms with Gasteiger partial charge in [-0.2, -0.15) is 5.10 Å². The van der Waals surface area contributed by atoms with Crippen LogP contribution in [0.2, 0.25) is 0 Å². The molecule has 6 heteroatoms. The van der Waals surface area contributed by atoms with E-state index in [1.807, 2.05) is 11.4 Å². The van der Waals surface area contributed by atoms with Gasteiger partial charge >= 0.3 is 0 Å². The maximum Gasteiger partial charge on any atom is 0.269 e. The third-order valence-corrected chi connectivity index (χ3v) is 3.49. The number of nitrogens with one attached hydrogen (secondary N) is 2. The van der Waals surface area contributed by atoms with Crippen LogP contribution in [0.3, 0.4) is 0 Å². The zero-order valence-corrected chi connectivity index (χ0v) is 10.1. The molecule has 4 nitrogen and oxygen atoms in total. The van der Waals surface area contributed by atoms with Crippen LogP contribution in [0.5, 0.6) is 0 Å². The normalized spacial score (nSPS) is 10.2. The van der Waals surface area contributed by atoms with Crippen LogP contribution < -0.4 is 5.32 Å². The molecule has 1 amide bonds. The Hall–Kier alpha value is -1.14. The Balaban J connectivity index is 1.91. The van der Waals surface area contributed by atoms with E-state index in [0.717, 1.165) is 9.35 Å². The Morgan fingerprint density at radius 1 is 1.67 bits per heavy atom. The summed E-state index contributed by atoms with van der Waals surface area (Å²) in [4.78, 5) is 12.6. The topological polar surface area (TPSA) is 57.8 Å². The highest BCUT2D eigenvalue weighted by molar-refractivity contribution is 9.10. The summed E-state index contributed by atoms with van der Waals surface area (Å²) in [5, 5.41) is 11.1. The summed E-state index contributed by atoms with van der Waals surface area (Å²) in [6.07, 6.45) is 1.55. The van der Waals surface area contributed by atoms with E-state index in [-0.39, 0.29) is 5.91 Å². The van der Waals surface area contributed by atoms with Gasteiger partial charge in [0.2, 0.25) is 0 Å². The maximum absolute atomic E-state index is 11.5. The molecule has 15 heavy (non-hydrogen) atoms. The summed E-state index contributed by atoms with van der Waals surface area (Å²) >= 11 is 4.96. The number of aromatic nitrogens is 2. The van der Waals surface area contributed by atoms with Gasteiger partial charge in [0.1, 0.15) is 5.69 Å². The molecule has 2 N–H and O–H groups in total. The van der Waals surface area contributed by atoms with Crippen LogP contribution in [0.1, 0.15) is 15.4 Å². The second kappa shape index (κ2) is 4.59. The lowest BCUT2D eigenvalue weighted by Gasteiger charge is -2.00. The Morgan fingerprint density at radius 3 is 3.13 bits per heavy atom. The standard InChI is InChI=1S/C9H8BrN3OS/c10-6-3-7(15-5-6)4-11-9(14)8-1-2-12-13-8/h1-3,5H,4H2,(H,11,14)(H,12,13). The predicted molar refractivity (Wildman–Crippen MR) is 61.8 cm³/mol. The summed E-state index contributed by atoms with van der Waals surface area (Å²) in [6.45, 7) is 0.536. The highest BCUT2D eigenvalue weighted by atomic mass is 79.9. The zero-order chi connectivity index (χ0) is 10.7. The summed E-state index contributed by atoms with van der Waals surface area (Å²) < 4.78 is 1.04. The number of hydrogen-bond donors (Lipinski definition) is 2. The number of carbonyl (C=O) groups is 1. The van der Waals surface area contributed by atoms with E-state index < -0.39 is 0 Å². The van der Waals surface area contributed by atoms with Gasteiger partial charge in [-0.15, -0.1) is 11.3 Å². The summed E-state index contributed by atoms with van der Waals surface area (Å²) in [7, 11) is 0. The van der Waals surface area contributed by atoms with Crippen LogP contribution in [-0.4, -0.2) is 16.1 Å². The molecule has 2 aromatic rings. The van der Waals surface area contributed by atoms with Crippen LogP contribution in [0.25, 0.3) is 0 Å². The van der Waals surface area contributed by atoms with Gasteiger partial charge in [-0.3, -0.25) is 9.89 Å². The molecule has 0 aliphatic heterocycles. The van der Waals surface area contributed by atoms with Gasteiger partial charge in [0.05, 0.1) is 6.54 Å². The number of aromatic amines is 1. The number of hydrogen-bond acceptors (Lipinski definition) is 3. The van der Waals surface area contributed by atoms with Crippen LogP contribution in [0, 0.1) is 0 Å². The number of H-pyrrole nitrogens is 1. The molecule has 0 atom stereocenters. The Morgan fingerprint density at radius 2 is 2.53 bits per heavy atom.